The lowest BCUT2D eigenvalue weighted by atomic mass is 9.74. The molecule has 0 N–H and O–H groups in total. The number of fused-ring (bicyclic) bond motifs is 1. The summed E-state index contributed by atoms with van der Waals surface area (Å²) in [7, 11) is 0. The molecule has 0 amide bonds. The molecule has 0 spiro atoms. The highest BCUT2D eigenvalue weighted by Crippen LogP contribution is 2.42. The van der Waals surface area contributed by atoms with Crippen LogP contribution in [0.15, 0.2) is 53.0 Å². The normalized spacial score (nSPS) is 16.3. The van der Waals surface area contributed by atoms with Crippen molar-refractivity contribution in [3.05, 3.63) is 69.7 Å². The first-order chi connectivity index (χ1) is 9.61. The van der Waals surface area contributed by atoms with E-state index in [1.54, 1.807) is 24.3 Å². The number of carbonyl (C=O) groups excluding carboxylic acids is 2. The van der Waals surface area contributed by atoms with Gasteiger partial charge < -0.3 is 0 Å². The van der Waals surface area contributed by atoms with Crippen molar-refractivity contribution in [2.24, 2.45) is 0 Å². The summed E-state index contributed by atoms with van der Waals surface area (Å²) in [6, 6.07) is 14.5. The van der Waals surface area contributed by atoms with Gasteiger partial charge in [-0.25, -0.2) is 0 Å². The molecule has 3 rings (SSSR count). The van der Waals surface area contributed by atoms with Gasteiger partial charge in [-0.15, -0.1) is 0 Å². The third-order valence-electron chi connectivity index (χ3n) is 4.06. The molecule has 0 saturated carbocycles. The number of Topliss-reactive ketones (excluding diaryl/α,β-unsaturated/α-hetero) is 2. The minimum Gasteiger partial charge on any atom is -0.293 e. The number of ketones is 2. The van der Waals surface area contributed by atoms with Gasteiger partial charge in [-0.2, -0.15) is 0 Å². The zero-order valence-electron chi connectivity index (χ0n) is 11.0. The molecule has 0 unspecified atom stereocenters. The summed E-state index contributed by atoms with van der Waals surface area (Å²) < 4.78 is 0.933. The SMILES string of the molecule is CCC1(c2ccc(Br)cc2)C(=O)c2ccccc2C1=O. The van der Waals surface area contributed by atoms with Gasteiger partial charge in [0.25, 0.3) is 0 Å². The second-order valence-corrected chi connectivity index (χ2v) is 5.89. The molecule has 3 heteroatoms. The van der Waals surface area contributed by atoms with E-state index >= 15 is 0 Å². The standard InChI is InChI=1S/C17H13BrO2/c1-2-17(11-7-9-12(18)10-8-11)15(19)13-5-3-4-6-14(13)16(17)20/h3-10H,2H2,1H3. The number of hydrogen-bond donors (Lipinski definition) is 0. The Bertz CT molecular complexity index is 666. The monoisotopic (exact) mass is 328 g/mol. The average molecular weight is 329 g/mol. The Labute approximate surface area is 125 Å². The molecule has 0 fully saturated rings. The van der Waals surface area contributed by atoms with Crippen molar-refractivity contribution in [3.8, 4) is 0 Å². The van der Waals surface area contributed by atoms with Crippen LogP contribution in [0.1, 0.15) is 39.6 Å². The summed E-state index contributed by atoms with van der Waals surface area (Å²) in [6.07, 6.45) is 0.473. The minimum atomic E-state index is -1.05. The highest BCUT2D eigenvalue weighted by Gasteiger charge is 2.52. The fraction of sp³-hybridized carbons (Fsp3) is 0.176. The van der Waals surface area contributed by atoms with Crippen LogP contribution in [0.4, 0.5) is 0 Å². The molecule has 20 heavy (non-hydrogen) atoms. The summed E-state index contributed by atoms with van der Waals surface area (Å²) in [5, 5.41) is 0. The molecule has 0 heterocycles. The summed E-state index contributed by atoms with van der Waals surface area (Å²) in [6.45, 7) is 1.89. The molecular weight excluding hydrogens is 316 g/mol. The Kier molecular flexibility index (Phi) is 3.09. The van der Waals surface area contributed by atoms with Gasteiger partial charge in [-0.1, -0.05) is 59.3 Å². The van der Waals surface area contributed by atoms with Crippen molar-refractivity contribution in [1.82, 2.24) is 0 Å². The number of rotatable bonds is 2. The van der Waals surface area contributed by atoms with Gasteiger partial charge in [-0.3, -0.25) is 9.59 Å². The predicted molar refractivity (Wildman–Crippen MR) is 81.2 cm³/mol. The Morgan fingerprint density at radius 3 is 1.85 bits per heavy atom. The van der Waals surface area contributed by atoms with Crippen LogP contribution in [0.5, 0.6) is 0 Å². The van der Waals surface area contributed by atoms with Crippen LogP contribution in [0, 0.1) is 0 Å². The van der Waals surface area contributed by atoms with Crippen LogP contribution < -0.4 is 0 Å². The van der Waals surface area contributed by atoms with Crippen LogP contribution in [0.2, 0.25) is 0 Å². The minimum absolute atomic E-state index is 0.0806. The quantitative estimate of drug-likeness (QED) is 0.775. The van der Waals surface area contributed by atoms with E-state index in [0.717, 1.165) is 10.0 Å². The second-order valence-electron chi connectivity index (χ2n) is 4.97. The molecule has 0 saturated heterocycles. The van der Waals surface area contributed by atoms with Crippen LogP contribution in [0.3, 0.4) is 0 Å². The lowest BCUT2D eigenvalue weighted by Gasteiger charge is -2.24. The number of benzene rings is 2. The summed E-state index contributed by atoms with van der Waals surface area (Å²) >= 11 is 3.38. The number of carbonyl (C=O) groups is 2. The van der Waals surface area contributed by atoms with Crippen molar-refractivity contribution in [2.75, 3.05) is 0 Å². The summed E-state index contributed by atoms with van der Waals surface area (Å²) in [4.78, 5) is 25.6. The topological polar surface area (TPSA) is 34.1 Å². The van der Waals surface area contributed by atoms with E-state index in [2.05, 4.69) is 15.9 Å². The van der Waals surface area contributed by atoms with Gasteiger partial charge in [0.05, 0.1) is 0 Å². The maximum Gasteiger partial charge on any atom is 0.181 e. The molecule has 0 radical (unpaired) electrons. The van der Waals surface area contributed by atoms with Crippen LogP contribution >= 0.6 is 15.9 Å². The zero-order chi connectivity index (χ0) is 14.3. The van der Waals surface area contributed by atoms with E-state index in [9.17, 15) is 9.59 Å². The lowest BCUT2D eigenvalue weighted by molar-refractivity contribution is 0.0789. The first kappa shape index (κ1) is 13.3. The van der Waals surface area contributed by atoms with Gasteiger partial charge in [0.1, 0.15) is 5.41 Å². The maximum absolute atomic E-state index is 12.8. The average Bonchev–Trinajstić information content (AvgIpc) is 2.70. The van der Waals surface area contributed by atoms with Gasteiger partial charge in [-0.05, 0) is 24.1 Å². The Balaban J connectivity index is 2.23. The van der Waals surface area contributed by atoms with Crippen LogP contribution in [-0.4, -0.2) is 11.6 Å². The molecule has 1 aliphatic carbocycles. The largest absolute Gasteiger partial charge is 0.293 e. The Hall–Kier alpha value is -1.74. The predicted octanol–water partition coefficient (Wildman–Crippen LogP) is 4.18. The van der Waals surface area contributed by atoms with Crippen molar-refractivity contribution in [3.63, 3.8) is 0 Å². The molecule has 2 aromatic carbocycles. The van der Waals surface area contributed by atoms with Gasteiger partial charge in [0.2, 0.25) is 0 Å². The van der Waals surface area contributed by atoms with E-state index in [1.807, 2.05) is 31.2 Å². The first-order valence-electron chi connectivity index (χ1n) is 6.56. The molecule has 0 aliphatic heterocycles. The van der Waals surface area contributed by atoms with Crippen molar-refractivity contribution < 1.29 is 9.59 Å². The maximum atomic E-state index is 12.8. The van der Waals surface area contributed by atoms with E-state index in [-0.39, 0.29) is 11.6 Å². The molecule has 0 aromatic heterocycles. The Morgan fingerprint density at radius 2 is 1.40 bits per heavy atom. The first-order valence-corrected chi connectivity index (χ1v) is 7.35. The molecule has 100 valence electrons. The van der Waals surface area contributed by atoms with Gasteiger partial charge in [0, 0.05) is 15.6 Å². The van der Waals surface area contributed by atoms with Crippen molar-refractivity contribution >= 4 is 27.5 Å². The molecule has 2 aromatic rings. The van der Waals surface area contributed by atoms with Crippen molar-refractivity contribution in [2.45, 2.75) is 18.8 Å². The molecular formula is C17H13BrO2. The second kappa shape index (κ2) is 4.67. The van der Waals surface area contributed by atoms with E-state index in [0.29, 0.717) is 17.5 Å². The molecule has 0 atom stereocenters. The lowest BCUT2D eigenvalue weighted by Crippen LogP contribution is -2.37. The highest BCUT2D eigenvalue weighted by molar-refractivity contribution is 9.10. The highest BCUT2D eigenvalue weighted by atomic mass is 79.9. The van der Waals surface area contributed by atoms with E-state index in [4.69, 9.17) is 0 Å². The third-order valence-corrected chi connectivity index (χ3v) is 4.59. The van der Waals surface area contributed by atoms with Gasteiger partial charge in [0.15, 0.2) is 11.6 Å². The van der Waals surface area contributed by atoms with Crippen LogP contribution in [-0.2, 0) is 5.41 Å². The Morgan fingerprint density at radius 1 is 0.900 bits per heavy atom. The molecule has 0 bridgehead atoms. The van der Waals surface area contributed by atoms with Gasteiger partial charge >= 0.3 is 0 Å². The summed E-state index contributed by atoms with van der Waals surface area (Å²) in [5.74, 6) is -0.161. The smallest absolute Gasteiger partial charge is 0.181 e. The zero-order valence-corrected chi connectivity index (χ0v) is 12.6. The van der Waals surface area contributed by atoms with E-state index < -0.39 is 5.41 Å². The molecule has 2 nitrogen and oxygen atoms in total. The number of hydrogen-bond acceptors (Lipinski definition) is 2. The van der Waals surface area contributed by atoms with Crippen molar-refractivity contribution in [1.29, 1.82) is 0 Å². The fourth-order valence-corrected chi connectivity index (χ4v) is 3.23. The van der Waals surface area contributed by atoms with E-state index in [1.165, 1.54) is 0 Å². The number of halogens is 1. The molecule has 1 aliphatic rings. The third kappa shape index (κ3) is 1.63. The summed E-state index contributed by atoms with van der Waals surface area (Å²) in [5.41, 5.74) is 0.809. The fourth-order valence-electron chi connectivity index (χ4n) is 2.96. The van der Waals surface area contributed by atoms with Crippen LogP contribution in [0.25, 0.3) is 0 Å².